The summed E-state index contributed by atoms with van der Waals surface area (Å²) in [4.78, 5) is 17.4. The lowest BCUT2D eigenvalue weighted by atomic mass is 10.2. The van der Waals surface area contributed by atoms with Crippen molar-refractivity contribution in [2.75, 3.05) is 18.5 Å². The molecule has 2 aromatic heterocycles. The van der Waals surface area contributed by atoms with Crippen LogP contribution in [0.15, 0.2) is 42.6 Å². The maximum atomic E-state index is 12.9. The van der Waals surface area contributed by atoms with Gasteiger partial charge in [0.2, 0.25) is 0 Å². The van der Waals surface area contributed by atoms with E-state index in [-0.39, 0.29) is 5.91 Å². The summed E-state index contributed by atoms with van der Waals surface area (Å²) in [6.45, 7) is 6.89. The molecular formula is C20H23N3O3. The van der Waals surface area contributed by atoms with Crippen molar-refractivity contribution in [2.45, 2.75) is 27.2 Å². The highest BCUT2D eigenvalue weighted by atomic mass is 16.5. The number of aromatic nitrogens is 2. The van der Waals surface area contributed by atoms with Crippen molar-refractivity contribution in [3.05, 3.63) is 54.0 Å². The maximum absolute atomic E-state index is 12.9. The third-order valence-corrected chi connectivity index (χ3v) is 3.95. The third-order valence-electron chi connectivity index (χ3n) is 3.95. The second kappa shape index (κ2) is 7.91. The number of fused-ring (bicyclic) bond motifs is 1. The fourth-order valence-corrected chi connectivity index (χ4v) is 2.85. The summed E-state index contributed by atoms with van der Waals surface area (Å²) >= 11 is 0. The van der Waals surface area contributed by atoms with Gasteiger partial charge in [-0.05, 0) is 44.5 Å². The molecule has 3 rings (SSSR count). The smallest absolute Gasteiger partial charge is 0.274 e. The first-order chi connectivity index (χ1) is 12.7. The lowest BCUT2D eigenvalue weighted by molar-refractivity contribution is 0.102. The van der Waals surface area contributed by atoms with E-state index in [9.17, 15) is 4.79 Å². The van der Waals surface area contributed by atoms with Gasteiger partial charge in [-0.1, -0.05) is 13.0 Å². The normalized spacial score (nSPS) is 10.7. The van der Waals surface area contributed by atoms with Crippen LogP contribution < -0.4 is 14.8 Å². The van der Waals surface area contributed by atoms with Crippen molar-refractivity contribution in [1.82, 2.24) is 9.38 Å². The van der Waals surface area contributed by atoms with Crippen LogP contribution in [-0.2, 0) is 6.42 Å². The Balaban J connectivity index is 1.92. The van der Waals surface area contributed by atoms with Gasteiger partial charge in [-0.25, -0.2) is 4.98 Å². The monoisotopic (exact) mass is 353 g/mol. The van der Waals surface area contributed by atoms with Gasteiger partial charge in [0, 0.05) is 18.0 Å². The van der Waals surface area contributed by atoms with Gasteiger partial charge in [0.25, 0.3) is 5.91 Å². The van der Waals surface area contributed by atoms with Crippen molar-refractivity contribution >= 4 is 17.2 Å². The summed E-state index contributed by atoms with van der Waals surface area (Å²) in [7, 11) is 0. The summed E-state index contributed by atoms with van der Waals surface area (Å²) < 4.78 is 13.0. The first kappa shape index (κ1) is 17.8. The molecule has 0 spiro atoms. The Morgan fingerprint density at radius 3 is 2.58 bits per heavy atom. The number of imidazole rings is 1. The molecular weight excluding hydrogens is 330 g/mol. The highest BCUT2D eigenvalue weighted by molar-refractivity contribution is 6.04. The molecule has 0 saturated heterocycles. The Morgan fingerprint density at radius 1 is 1.08 bits per heavy atom. The number of pyridine rings is 1. The average molecular weight is 353 g/mol. The molecule has 26 heavy (non-hydrogen) atoms. The van der Waals surface area contributed by atoms with Gasteiger partial charge in [-0.2, -0.15) is 0 Å². The molecule has 0 atom stereocenters. The predicted octanol–water partition coefficient (Wildman–Crippen LogP) is 3.95. The Hall–Kier alpha value is -3.02. The molecule has 1 amide bonds. The molecule has 6 heteroatoms. The lowest BCUT2D eigenvalue weighted by Gasteiger charge is -2.13. The van der Waals surface area contributed by atoms with Crippen LogP contribution in [0.4, 0.5) is 5.69 Å². The van der Waals surface area contributed by atoms with E-state index < -0.39 is 0 Å². The summed E-state index contributed by atoms with van der Waals surface area (Å²) in [5.41, 5.74) is 2.73. The van der Waals surface area contributed by atoms with Crippen LogP contribution in [0.25, 0.3) is 5.65 Å². The molecule has 0 fully saturated rings. The Kier molecular flexibility index (Phi) is 5.41. The SMILES string of the molecule is CCOc1ccc(NC(=O)c2c(CC)nc3ccccn23)cc1OCC. The minimum absolute atomic E-state index is 0.202. The standard InChI is InChI=1S/C20H23N3O3/c1-4-15-19(23-12-8-7-9-18(23)22-15)20(24)21-14-10-11-16(25-5-2)17(13-14)26-6-3/h7-13H,4-6H2,1-3H3,(H,21,24). The van der Waals surface area contributed by atoms with Crippen molar-refractivity contribution in [3.63, 3.8) is 0 Å². The quantitative estimate of drug-likeness (QED) is 0.698. The maximum Gasteiger partial charge on any atom is 0.274 e. The predicted molar refractivity (Wildman–Crippen MR) is 101 cm³/mol. The molecule has 1 N–H and O–H groups in total. The minimum Gasteiger partial charge on any atom is -0.490 e. The number of nitrogens with zero attached hydrogens (tertiary/aromatic N) is 2. The van der Waals surface area contributed by atoms with Crippen molar-refractivity contribution in [3.8, 4) is 11.5 Å². The molecule has 0 bridgehead atoms. The van der Waals surface area contributed by atoms with E-state index in [0.29, 0.717) is 42.5 Å². The Labute approximate surface area is 152 Å². The van der Waals surface area contributed by atoms with Crippen LogP contribution in [0, 0.1) is 0 Å². The molecule has 0 radical (unpaired) electrons. The number of aryl methyl sites for hydroxylation is 1. The number of hydrogen-bond acceptors (Lipinski definition) is 4. The highest BCUT2D eigenvalue weighted by Crippen LogP contribution is 2.31. The van der Waals surface area contributed by atoms with E-state index in [2.05, 4.69) is 10.3 Å². The molecule has 0 aliphatic carbocycles. The zero-order valence-electron chi connectivity index (χ0n) is 15.3. The summed E-state index contributed by atoms with van der Waals surface area (Å²) in [5.74, 6) is 1.07. The van der Waals surface area contributed by atoms with E-state index >= 15 is 0 Å². The van der Waals surface area contributed by atoms with Gasteiger partial charge in [-0.3, -0.25) is 9.20 Å². The van der Waals surface area contributed by atoms with Crippen LogP contribution in [0.1, 0.15) is 37.0 Å². The minimum atomic E-state index is -0.202. The topological polar surface area (TPSA) is 64.9 Å². The zero-order valence-corrected chi connectivity index (χ0v) is 15.3. The fourth-order valence-electron chi connectivity index (χ4n) is 2.85. The van der Waals surface area contributed by atoms with Gasteiger partial charge >= 0.3 is 0 Å². The van der Waals surface area contributed by atoms with Crippen LogP contribution >= 0.6 is 0 Å². The molecule has 0 aliphatic heterocycles. The zero-order chi connectivity index (χ0) is 18.5. The number of anilines is 1. The first-order valence-electron chi connectivity index (χ1n) is 8.84. The van der Waals surface area contributed by atoms with Crippen molar-refractivity contribution in [2.24, 2.45) is 0 Å². The molecule has 3 aromatic rings. The molecule has 6 nitrogen and oxygen atoms in total. The van der Waals surface area contributed by atoms with Gasteiger partial charge in [0.05, 0.1) is 18.9 Å². The number of amides is 1. The van der Waals surface area contributed by atoms with E-state index in [4.69, 9.17) is 9.47 Å². The van der Waals surface area contributed by atoms with Crippen LogP contribution in [0.2, 0.25) is 0 Å². The van der Waals surface area contributed by atoms with E-state index in [1.165, 1.54) is 0 Å². The molecule has 136 valence electrons. The van der Waals surface area contributed by atoms with Crippen molar-refractivity contribution < 1.29 is 14.3 Å². The number of carbonyl (C=O) groups is 1. The fraction of sp³-hybridized carbons (Fsp3) is 0.300. The van der Waals surface area contributed by atoms with E-state index in [1.807, 2.05) is 49.6 Å². The molecule has 0 unspecified atom stereocenters. The summed E-state index contributed by atoms with van der Waals surface area (Å²) in [6.07, 6.45) is 2.53. The Bertz CT molecular complexity index is 918. The number of nitrogens with one attached hydrogen (secondary N) is 1. The third kappa shape index (κ3) is 3.49. The first-order valence-corrected chi connectivity index (χ1v) is 8.84. The van der Waals surface area contributed by atoms with Crippen LogP contribution in [-0.4, -0.2) is 28.5 Å². The van der Waals surface area contributed by atoms with Gasteiger partial charge < -0.3 is 14.8 Å². The second-order valence-electron chi connectivity index (χ2n) is 5.67. The Morgan fingerprint density at radius 2 is 1.85 bits per heavy atom. The van der Waals surface area contributed by atoms with Gasteiger partial charge in [0.1, 0.15) is 11.3 Å². The number of rotatable bonds is 7. The van der Waals surface area contributed by atoms with Crippen LogP contribution in [0.5, 0.6) is 11.5 Å². The lowest BCUT2D eigenvalue weighted by Crippen LogP contribution is -2.16. The number of benzene rings is 1. The van der Waals surface area contributed by atoms with Gasteiger partial charge in [0.15, 0.2) is 11.5 Å². The molecule has 0 saturated carbocycles. The number of hydrogen-bond donors (Lipinski definition) is 1. The van der Waals surface area contributed by atoms with Crippen molar-refractivity contribution in [1.29, 1.82) is 0 Å². The van der Waals surface area contributed by atoms with E-state index in [1.54, 1.807) is 18.2 Å². The molecule has 0 aliphatic rings. The number of carbonyl (C=O) groups excluding carboxylic acids is 1. The average Bonchev–Trinajstić information content (AvgIpc) is 3.03. The molecule has 2 heterocycles. The molecule has 1 aromatic carbocycles. The summed E-state index contributed by atoms with van der Waals surface area (Å²) in [6, 6.07) is 11.1. The second-order valence-corrected chi connectivity index (χ2v) is 5.67. The largest absolute Gasteiger partial charge is 0.490 e. The number of ether oxygens (including phenoxy) is 2. The highest BCUT2D eigenvalue weighted by Gasteiger charge is 2.18. The summed E-state index contributed by atoms with van der Waals surface area (Å²) in [5, 5.41) is 2.94. The van der Waals surface area contributed by atoms with Gasteiger partial charge in [-0.15, -0.1) is 0 Å². The van der Waals surface area contributed by atoms with Crippen LogP contribution in [0.3, 0.4) is 0 Å². The van der Waals surface area contributed by atoms with E-state index in [0.717, 1.165) is 11.3 Å².